The van der Waals surface area contributed by atoms with Gasteiger partial charge in [0.15, 0.2) is 4.67 Å². The first kappa shape index (κ1) is 16.0. The van der Waals surface area contributed by atoms with E-state index in [0.29, 0.717) is 24.8 Å². The van der Waals surface area contributed by atoms with Crippen molar-refractivity contribution in [3.63, 3.8) is 0 Å². The topological polar surface area (TPSA) is 76.5 Å². The van der Waals surface area contributed by atoms with Crippen LogP contribution in [0.15, 0.2) is 20.0 Å². The molecule has 0 amide bonds. The first-order chi connectivity index (χ1) is 9.48. The van der Waals surface area contributed by atoms with Gasteiger partial charge in [-0.3, -0.25) is 0 Å². The van der Waals surface area contributed by atoms with E-state index in [1.807, 2.05) is 0 Å². The maximum Gasteiger partial charge on any atom is 0.247 e. The predicted molar refractivity (Wildman–Crippen MR) is 80.7 cm³/mol. The van der Waals surface area contributed by atoms with E-state index in [0.717, 1.165) is 25.7 Å². The molecular formula is C13H21BrN2O3S. The number of hydrogen-bond donors (Lipinski definition) is 1. The highest BCUT2D eigenvalue weighted by Crippen LogP contribution is 2.31. The zero-order chi connectivity index (χ0) is 14.8. The number of sulfonamides is 1. The summed E-state index contributed by atoms with van der Waals surface area (Å²) in [6, 6.07) is 1.52. The third-order valence-electron chi connectivity index (χ3n) is 3.91. The molecular weight excluding hydrogens is 344 g/mol. The number of nitrogens with two attached hydrogens (primary N) is 1. The summed E-state index contributed by atoms with van der Waals surface area (Å²) in [5.74, 6) is 1.10. The summed E-state index contributed by atoms with van der Waals surface area (Å²) in [6.45, 7) is 3.51. The van der Waals surface area contributed by atoms with Crippen molar-refractivity contribution in [1.29, 1.82) is 0 Å². The molecule has 1 atom stereocenters. The zero-order valence-corrected chi connectivity index (χ0v) is 14.0. The van der Waals surface area contributed by atoms with E-state index in [1.54, 1.807) is 4.31 Å². The Bertz CT molecular complexity index is 556. The predicted octanol–water partition coefficient (Wildman–Crippen LogP) is 2.70. The van der Waals surface area contributed by atoms with Crippen molar-refractivity contribution in [1.82, 2.24) is 4.31 Å². The van der Waals surface area contributed by atoms with E-state index in [9.17, 15) is 8.42 Å². The molecule has 1 aliphatic rings. The van der Waals surface area contributed by atoms with Gasteiger partial charge < -0.3 is 10.2 Å². The van der Waals surface area contributed by atoms with E-state index in [2.05, 4.69) is 22.9 Å². The lowest BCUT2D eigenvalue weighted by Gasteiger charge is -2.19. The molecule has 1 unspecified atom stereocenters. The van der Waals surface area contributed by atoms with Gasteiger partial charge in [-0.1, -0.05) is 13.3 Å². The van der Waals surface area contributed by atoms with Crippen LogP contribution in [-0.4, -0.2) is 25.8 Å². The Hall–Kier alpha value is -0.370. The maximum absolute atomic E-state index is 12.7. The monoisotopic (exact) mass is 364 g/mol. The molecule has 0 aliphatic carbocycles. The van der Waals surface area contributed by atoms with Crippen LogP contribution < -0.4 is 5.73 Å². The fraction of sp³-hybridized carbons (Fsp3) is 0.692. The summed E-state index contributed by atoms with van der Waals surface area (Å²) in [5.41, 5.74) is 5.49. The van der Waals surface area contributed by atoms with Gasteiger partial charge in [-0.15, -0.1) is 0 Å². The van der Waals surface area contributed by atoms with Crippen molar-refractivity contribution >= 4 is 26.0 Å². The van der Waals surface area contributed by atoms with Crippen molar-refractivity contribution in [2.75, 3.05) is 13.1 Å². The second kappa shape index (κ2) is 6.60. The number of hydrogen-bond acceptors (Lipinski definition) is 4. The van der Waals surface area contributed by atoms with Crippen LogP contribution in [0, 0.1) is 5.92 Å². The minimum atomic E-state index is -3.50. The molecule has 2 rings (SSSR count). The highest BCUT2D eigenvalue weighted by molar-refractivity contribution is 9.10. The molecule has 0 saturated carbocycles. The highest BCUT2D eigenvalue weighted by Gasteiger charge is 2.30. The van der Waals surface area contributed by atoms with Crippen molar-refractivity contribution < 1.29 is 12.8 Å². The van der Waals surface area contributed by atoms with Crippen molar-refractivity contribution in [3.8, 4) is 0 Å². The summed E-state index contributed by atoms with van der Waals surface area (Å²) in [7, 11) is -3.50. The second-order valence-corrected chi connectivity index (χ2v) is 7.79. The summed E-state index contributed by atoms with van der Waals surface area (Å²) >= 11 is 3.18. The Morgan fingerprint density at radius 1 is 1.45 bits per heavy atom. The molecule has 7 heteroatoms. The molecule has 20 heavy (non-hydrogen) atoms. The summed E-state index contributed by atoms with van der Waals surface area (Å²) in [6.07, 6.45) is 4.05. The quantitative estimate of drug-likeness (QED) is 0.890. The van der Waals surface area contributed by atoms with Crippen LogP contribution in [0.4, 0.5) is 0 Å². The van der Waals surface area contributed by atoms with Crippen molar-refractivity contribution in [3.05, 3.63) is 16.5 Å². The SMILES string of the molecule is CCC1CCCN(S(=O)(=O)c2cc(CN)oc2Br)CC1. The molecule has 0 radical (unpaired) electrons. The molecule has 0 aromatic carbocycles. The Labute approximate surface area is 128 Å². The molecule has 2 N–H and O–H groups in total. The third-order valence-corrected chi connectivity index (χ3v) is 6.67. The van der Waals surface area contributed by atoms with E-state index < -0.39 is 10.0 Å². The smallest absolute Gasteiger partial charge is 0.247 e. The Balaban J connectivity index is 2.23. The van der Waals surface area contributed by atoms with E-state index in [4.69, 9.17) is 10.2 Å². The van der Waals surface area contributed by atoms with Gasteiger partial charge in [0, 0.05) is 19.2 Å². The second-order valence-electron chi connectivity index (χ2n) is 5.16. The van der Waals surface area contributed by atoms with Crippen LogP contribution in [0.5, 0.6) is 0 Å². The molecule has 1 aromatic heterocycles. The van der Waals surface area contributed by atoms with E-state index >= 15 is 0 Å². The minimum Gasteiger partial charge on any atom is -0.452 e. The molecule has 0 bridgehead atoms. The first-order valence-electron chi connectivity index (χ1n) is 6.97. The van der Waals surface area contributed by atoms with E-state index in [1.165, 1.54) is 6.07 Å². The lowest BCUT2D eigenvalue weighted by Crippen LogP contribution is -2.32. The van der Waals surface area contributed by atoms with Gasteiger partial charge in [0.2, 0.25) is 10.0 Å². The number of nitrogens with zero attached hydrogens (tertiary/aromatic N) is 1. The molecule has 5 nitrogen and oxygen atoms in total. The molecule has 0 spiro atoms. The average molecular weight is 365 g/mol. The van der Waals surface area contributed by atoms with Gasteiger partial charge in [-0.2, -0.15) is 4.31 Å². The number of furan rings is 1. The normalized spacial score (nSPS) is 21.9. The van der Waals surface area contributed by atoms with Gasteiger partial charge in [0.25, 0.3) is 0 Å². The van der Waals surface area contributed by atoms with Crippen LogP contribution >= 0.6 is 15.9 Å². The van der Waals surface area contributed by atoms with Gasteiger partial charge >= 0.3 is 0 Å². The molecule has 1 fully saturated rings. The molecule has 2 heterocycles. The average Bonchev–Trinajstić information content (AvgIpc) is 2.66. The van der Waals surface area contributed by atoms with Crippen LogP contribution in [0.2, 0.25) is 0 Å². The van der Waals surface area contributed by atoms with Crippen LogP contribution in [0.25, 0.3) is 0 Å². The van der Waals surface area contributed by atoms with Gasteiger partial charge in [0.1, 0.15) is 10.7 Å². The molecule has 114 valence electrons. The lowest BCUT2D eigenvalue weighted by molar-refractivity contribution is 0.405. The highest BCUT2D eigenvalue weighted by atomic mass is 79.9. The Morgan fingerprint density at radius 2 is 2.20 bits per heavy atom. The summed E-state index contributed by atoms with van der Waals surface area (Å²) < 4.78 is 32.5. The largest absolute Gasteiger partial charge is 0.452 e. The van der Waals surface area contributed by atoms with Gasteiger partial charge in [0.05, 0.1) is 6.54 Å². The molecule has 1 aliphatic heterocycles. The third kappa shape index (κ3) is 3.27. The minimum absolute atomic E-state index is 0.187. The Morgan fingerprint density at radius 3 is 2.80 bits per heavy atom. The van der Waals surface area contributed by atoms with Gasteiger partial charge in [-0.05, 0) is 41.1 Å². The van der Waals surface area contributed by atoms with E-state index in [-0.39, 0.29) is 16.1 Å². The summed E-state index contributed by atoms with van der Waals surface area (Å²) in [4.78, 5) is 0.188. The maximum atomic E-state index is 12.7. The van der Waals surface area contributed by atoms with Crippen LogP contribution in [-0.2, 0) is 16.6 Å². The molecule has 1 saturated heterocycles. The summed E-state index contributed by atoms with van der Waals surface area (Å²) in [5, 5.41) is 0. The molecule has 1 aromatic rings. The lowest BCUT2D eigenvalue weighted by atomic mass is 9.98. The van der Waals surface area contributed by atoms with Crippen LogP contribution in [0.1, 0.15) is 38.4 Å². The van der Waals surface area contributed by atoms with Crippen molar-refractivity contribution in [2.24, 2.45) is 11.7 Å². The standard InChI is InChI=1S/C13H21BrN2O3S/c1-2-10-4-3-6-16(7-5-10)20(17,18)12-8-11(9-15)19-13(12)14/h8,10H,2-7,9,15H2,1H3. The number of rotatable bonds is 4. The number of halogens is 1. The fourth-order valence-electron chi connectivity index (χ4n) is 2.60. The Kier molecular flexibility index (Phi) is 5.28. The van der Waals surface area contributed by atoms with Crippen molar-refractivity contribution in [2.45, 2.75) is 44.0 Å². The van der Waals surface area contributed by atoms with Gasteiger partial charge in [-0.25, -0.2) is 8.42 Å². The zero-order valence-electron chi connectivity index (χ0n) is 11.6. The first-order valence-corrected chi connectivity index (χ1v) is 9.20. The fourth-order valence-corrected chi connectivity index (χ4v) is 5.06. The van der Waals surface area contributed by atoms with Crippen LogP contribution in [0.3, 0.4) is 0 Å².